The van der Waals surface area contributed by atoms with Crippen molar-refractivity contribution in [2.75, 3.05) is 11.9 Å². The van der Waals surface area contributed by atoms with Gasteiger partial charge in [0.05, 0.1) is 0 Å². The van der Waals surface area contributed by atoms with Crippen molar-refractivity contribution in [2.45, 2.75) is 52.4 Å². The van der Waals surface area contributed by atoms with Crippen molar-refractivity contribution in [3.05, 3.63) is 65.7 Å². The van der Waals surface area contributed by atoms with Crippen molar-refractivity contribution in [3.63, 3.8) is 0 Å². The first-order valence-electron chi connectivity index (χ1n) is 10.1. The minimum atomic E-state index is -0.948. The highest BCUT2D eigenvalue weighted by Crippen LogP contribution is 2.17. The number of amides is 2. The van der Waals surface area contributed by atoms with E-state index < -0.39 is 23.7 Å². The monoisotopic (exact) mass is 426 g/mol. The Morgan fingerprint density at radius 3 is 2.26 bits per heavy atom. The van der Waals surface area contributed by atoms with Crippen LogP contribution in [0.4, 0.5) is 10.5 Å². The average molecular weight is 427 g/mol. The fraction of sp³-hybridized carbons (Fsp3) is 0.375. The number of benzene rings is 2. The Morgan fingerprint density at radius 2 is 1.65 bits per heavy atom. The van der Waals surface area contributed by atoms with Gasteiger partial charge in [-0.25, -0.2) is 9.59 Å². The number of nitrogens with zero attached hydrogens (tertiary/aromatic N) is 1. The van der Waals surface area contributed by atoms with Crippen molar-refractivity contribution in [3.8, 4) is 0 Å². The second-order valence-electron chi connectivity index (χ2n) is 8.24. The summed E-state index contributed by atoms with van der Waals surface area (Å²) >= 11 is 0. The third-order valence-electron chi connectivity index (χ3n) is 4.41. The standard InChI is InChI=1S/C24H30N2O5/c1-17(27)26(5)20-13-9-12-19(14-20)15-21(25-23(29)31-24(2,3)4)22(28)30-16-18-10-7-6-8-11-18/h6-14,21H,15-16H2,1-5H3,(H,25,29)/t21-/m0/s1. The molecule has 166 valence electrons. The lowest BCUT2D eigenvalue weighted by Crippen LogP contribution is -2.45. The Kier molecular flexibility index (Phi) is 8.19. The van der Waals surface area contributed by atoms with Crippen LogP contribution in [0.25, 0.3) is 0 Å². The average Bonchev–Trinajstić information content (AvgIpc) is 2.70. The fourth-order valence-corrected chi connectivity index (χ4v) is 2.78. The number of esters is 1. The number of anilines is 1. The number of ether oxygens (including phenoxy) is 2. The molecule has 0 radical (unpaired) electrons. The first-order chi connectivity index (χ1) is 14.5. The van der Waals surface area contributed by atoms with Gasteiger partial charge >= 0.3 is 12.1 Å². The molecule has 2 rings (SSSR count). The Labute approximate surface area is 183 Å². The quantitative estimate of drug-likeness (QED) is 0.680. The Balaban J connectivity index is 2.16. The Hall–Kier alpha value is -3.35. The first-order valence-corrected chi connectivity index (χ1v) is 10.1. The van der Waals surface area contributed by atoms with E-state index in [1.807, 2.05) is 36.4 Å². The summed E-state index contributed by atoms with van der Waals surface area (Å²) in [7, 11) is 1.67. The minimum Gasteiger partial charge on any atom is -0.459 e. The molecule has 2 aromatic carbocycles. The van der Waals surface area contributed by atoms with Crippen LogP contribution < -0.4 is 10.2 Å². The molecular weight excluding hydrogens is 396 g/mol. The van der Waals surface area contributed by atoms with Crippen molar-refractivity contribution >= 4 is 23.7 Å². The summed E-state index contributed by atoms with van der Waals surface area (Å²) in [6.07, 6.45) is -0.516. The van der Waals surface area contributed by atoms with E-state index in [1.54, 1.807) is 46.0 Å². The van der Waals surface area contributed by atoms with E-state index in [2.05, 4.69) is 5.32 Å². The molecule has 0 aliphatic rings. The highest BCUT2D eigenvalue weighted by atomic mass is 16.6. The topological polar surface area (TPSA) is 84.9 Å². The number of carbonyl (C=O) groups is 3. The maximum atomic E-state index is 12.8. The second-order valence-corrected chi connectivity index (χ2v) is 8.24. The lowest BCUT2D eigenvalue weighted by Gasteiger charge is -2.23. The summed E-state index contributed by atoms with van der Waals surface area (Å²) in [6, 6.07) is 15.6. The van der Waals surface area contributed by atoms with Crippen LogP contribution in [-0.4, -0.2) is 36.7 Å². The summed E-state index contributed by atoms with van der Waals surface area (Å²) in [5.41, 5.74) is 1.60. The molecule has 1 N–H and O–H groups in total. The van der Waals surface area contributed by atoms with E-state index in [4.69, 9.17) is 9.47 Å². The van der Waals surface area contributed by atoms with Crippen molar-refractivity contribution in [1.82, 2.24) is 5.32 Å². The molecular formula is C24H30N2O5. The van der Waals surface area contributed by atoms with Crippen LogP contribution in [-0.2, 0) is 32.1 Å². The van der Waals surface area contributed by atoms with Crippen LogP contribution in [0.3, 0.4) is 0 Å². The highest BCUT2D eigenvalue weighted by molar-refractivity contribution is 5.91. The summed E-state index contributed by atoms with van der Waals surface area (Å²) in [6.45, 7) is 6.81. The van der Waals surface area contributed by atoms with Crippen LogP contribution >= 0.6 is 0 Å². The molecule has 0 aromatic heterocycles. The summed E-state index contributed by atoms with van der Waals surface area (Å²) in [5.74, 6) is -0.678. The normalized spacial score (nSPS) is 11.9. The zero-order valence-electron chi connectivity index (χ0n) is 18.7. The van der Waals surface area contributed by atoms with Crippen molar-refractivity contribution in [2.24, 2.45) is 0 Å². The van der Waals surface area contributed by atoms with Gasteiger partial charge in [-0.2, -0.15) is 0 Å². The largest absolute Gasteiger partial charge is 0.459 e. The van der Waals surface area contributed by atoms with Gasteiger partial charge in [0.25, 0.3) is 0 Å². The molecule has 2 aromatic rings. The van der Waals surface area contributed by atoms with E-state index in [-0.39, 0.29) is 18.9 Å². The van der Waals surface area contributed by atoms with Crippen LogP contribution in [0.1, 0.15) is 38.8 Å². The van der Waals surface area contributed by atoms with Gasteiger partial charge in [0.15, 0.2) is 0 Å². The molecule has 0 saturated carbocycles. The first kappa shape index (κ1) is 23.9. The molecule has 0 aliphatic heterocycles. The second kappa shape index (κ2) is 10.6. The van der Waals surface area contributed by atoms with Crippen LogP contribution in [0, 0.1) is 0 Å². The molecule has 7 nitrogen and oxygen atoms in total. The molecule has 2 amide bonds. The third kappa shape index (κ3) is 8.12. The number of rotatable bonds is 7. The zero-order valence-corrected chi connectivity index (χ0v) is 18.7. The van der Waals surface area contributed by atoms with Gasteiger partial charge in [0.1, 0.15) is 18.2 Å². The lowest BCUT2D eigenvalue weighted by atomic mass is 10.0. The van der Waals surface area contributed by atoms with E-state index in [0.29, 0.717) is 5.69 Å². The maximum absolute atomic E-state index is 12.8. The van der Waals surface area contributed by atoms with Gasteiger partial charge in [-0.15, -0.1) is 0 Å². The van der Waals surface area contributed by atoms with Gasteiger partial charge in [-0.3, -0.25) is 4.79 Å². The van der Waals surface area contributed by atoms with E-state index in [0.717, 1.165) is 11.1 Å². The van der Waals surface area contributed by atoms with Gasteiger partial charge in [0.2, 0.25) is 5.91 Å². The maximum Gasteiger partial charge on any atom is 0.408 e. The van der Waals surface area contributed by atoms with Gasteiger partial charge in [-0.05, 0) is 44.0 Å². The van der Waals surface area contributed by atoms with Gasteiger partial charge < -0.3 is 19.7 Å². The van der Waals surface area contributed by atoms with Gasteiger partial charge in [-0.1, -0.05) is 42.5 Å². The molecule has 0 unspecified atom stereocenters. The Morgan fingerprint density at radius 1 is 1.00 bits per heavy atom. The van der Waals surface area contributed by atoms with Crippen molar-refractivity contribution < 1.29 is 23.9 Å². The van der Waals surface area contributed by atoms with Gasteiger partial charge in [0, 0.05) is 26.1 Å². The molecule has 0 heterocycles. The summed E-state index contributed by atoms with van der Waals surface area (Å²) in [4.78, 5) is 38.3. The number of alkyl carbamates (subject to hydrolysis) is 1. The summed E-state index contributed by atoms with van der Waals surface area (Å²) in [5, 5.41) is 2.61. The predicted octanol–water partition coefficient (Wildman–Crippen LogP) is 3.85. The van der Waals surface area contributed by atoms with Crippen LogP contribution in [0.2, 0.25) is 0 Å². The van der Waals surface area contributed by atoms with Crippen LogP contribution in [0.15, 0.2) is 54.6 Å². The molecule has 0 bridgehead atoms. The molecule has 0 fully saturated rings. The molecule has 7 heteroatoms. The number of nitrogens with one attached hydrogen (secondary N) is 1. The molecule has 0 aliphatic carbocycles. The molecule has 0 spiro atoms. The SMILES string of the molecule is CC(=O)N(C)c1cccc(C[C@H](NC(=O)OC(C)(C)C)C(=O)OCc2ccccc2)c1. The fourth-order valence-electron chi connectivity index (χ4n) is 2.78. The minimum absolute atomic E-state index is 0.0965. The lowest BCUT2D eigenvalue weighted by molar-refractivity contribution is -0.147. The Bertz CT molecular complexity index is 906. The number of hydrogen-bond donors (Lipinski definition) is 1. The van der Waals surface area contributed by atoms with Crippen molar-refractivity contribution in [1.29, 1.82) is 0 Å². The molecule has 1 atom stereocenters. The predicted molar refractivity (Wildman–Crippen MR) is 119 cm³/mol. The zero-order chi connectivity index (χ0) is 23.0. The molecule has 31 heavy (non-hydrogen) atoms. The smallest absolute Gasteiger partial charge is 0.408 e. The number of carbonyl (C=O) groups excluding carboxylic acids is 3. The van der Waals surface area contributed by atoms with E-state index in [9.17, 15) is 14.4 Å². The molecule has 0 saturated heterocycles. The summed E-state index contributed by atoms with van der Waals surface area (Å²) < 4.78 is 10.7. The third-order valence-corrected chi connectivity index (χ3v) is 4.41. The van der Waals surface area contributed by atoms with E-state index in [1.165, 1.54) is 11.8 Å². The van der Waals surface area contributed by atoms with Crippen LogP contribution in [0.5, 0.6) is 0 Å². The highest BCUT2D eigenvalue weighted by Gasteiger charge is 2.26. The van der Waals surface area contributed by atoms with E-state index >= 15 is 0 Å². The number of hydrogen-bond acceptors (Lipinski definition) is 5.